The molecule has 28 heavy (non-hydrogen) atoms. The van der Waals surface area contributed by atoms with Crippen LogP contribution in [0.1, 0.15) is 54.2 Å². The zero-order valence-electron chi connectivity index (χ0n) is 17.0. The van der Waals surface area contributed by atoms with Gasteiger partial charge >= 0.3 is 0 Å². The number of benzene rings is 1. The predicted molar refractivity (Wildman–Crippen MR) is 110 cm³/mol. The number of hydrogen-bond acceptors (Lipinski definition) is 6. The molecular weight excluding hydrogens is 400 g/mol. The van der Waals surface area contributed by atoms with Gasteiger partial charge in [0.05, 0.1) is 4.90 Å². The van der Waals surface area contributed by atoms with Crippen molar-refractivity contribution >= 4 is 22.4 Å². The molecule has 0 saturated carbocycles. The maximum absolute atomic E-state index is 13.4. The molecule has 7 nitrogen and oxygen atoms in total. The Morgan fingerprint density at radius 2 is 1.93 bits per heavy atom. The number of halogens is 1. The number of rotatable bonds is 6. The third-order valence-corrected chi connectivity index (χ3v) is 7.34. The molecule has 0 spiro atoms. The lowest BCUT2D eigenvalue weighted by Crippen LogP contribution is -2.32. The van der Waals surface area contributed by atoms with E-state index in [1.165, 1.54) is 4.31 Å². The summed E-state index contributed by atoms with van der Waals surface area (Å²) in [6.07, 6.45) is 2.10. The fourth-order valence-electron chi connectivity index (χ4n) is 3.83. The summed E-state index contributed by atoms with van der Waals surface area (Å²) in [5.74, 6) is 0.982. The van der Waals surface area contributed by atoms with Crippen molar-refractivity contribution in [2.75, 3.05) is 13.6 Å². The first-order valence-electron chi connectivity index (χ1n) is 9.33. The fraction of sp³-hybridized carbons (Fsp3) is 0.579. The van der Waals surface area contributed by atoms with E-state index in [9.17, 15) is 8.42 Å². The van der Waals surface area contributed by atoms with Crippen LogP contribution in [-0.4, -0.2) is 42.5 Å². The minimum Gasteiger partial charge on any atom is -0.338 e. The molecule has 1 N–H and O–H groups in total. The van der Waals surface area contributed by atoms with Crippen molar-refractivity contribution < 1.29 is 12.9 Å². The summed E-state index contributed by atoms with van der Waals surface area (Å²) in [4.78, 5) is 4.86. The molecule has 0 bridgehead atoms. The Balaban J connectivity index is 0.00000280. The number of likely N-dealkylation sites (N-methyl/N-ethyl adjacent to an activating group) is 1. The molecule has 0 radical (unpaired) electrons. The second-order valence-electron chi connectivity index (χ2n) is 7.44. The molecule has 1 saturated heterocycles. The zero-order chi connectivity index (χ0) is 19.8. The molecular formula is C19H29ClN4O3S. The van der Waals surface area contributed by atoms with E-state index in [1.54, 1.807) is 0 Å². The van der Waals surface area contributed by atoms with Crippen molar-refractivity contribution in [2.45, 2.75) is 63.9 Å². The van der Waals surface area contributed by atoms with Crippen molar-refractivity contribution in [3.63, 3.8) is 0 Å². The number of nitrogens with one attached hydrogen (secondary N) is 1. The molecule has 9 heteroatoms. The maximum atomic E-state index is 13.4. The zero-order valence-corrected chi connectivity index (χ0v) is 18.7. The predicted octanol–water partition coefficient (Wildman–Crippen LogP) is 3.09. The summed E-state index contributed by atoms with van der Waals surface area (Å²) >= 11 is 0. The van der Waals surface area contributed by atoms with Gasteiger partial charge in [-0.2, -0.15) is 9.29 Å². The molecule has 1 aromatic heterocycles. The number of sulfonamides is 1. The maximum Gasteiger partial charge on any atom is 0.245 e. The highest BCUT2D eigenvalue weighted by molar-refractivity contribution is 7.89. The Hall–Kier alpha value is -1.48. The van der Waals surface area contributed by atoms with Crippen molar-refractivity contribution in [1.82, 2.24) is 19.8 Å². The summed E-state index contributed by atoms with van der Waals surface area (Å²) in [6.45, 7) is 8.17. The minimum absolute atomic E-state index is 0. The molecule has 1 aliphatic rings. The molecule has 2 unspecified atom stereocenters. The first kappa shape index (κ1) is 22.8. The highest BCUT2D eigenvalue weighted by atomic mass is 35.5. The highest BCUT2D eigenvalue weighted by Gasteiger charge is 2.40. The third kappa shape index (κ3) is 4.40. The molecule has 1 fully saturated rings. The van der Waals surface area contributed by atoms with Crippen LogP contribution in [0.25, 0.3) is 0 Å². The minimum atomic E-state index is -3.64. The van der Waals surface area contributed by atoms with Gasteiger partial charge in [-0.1, -0.05) is 22.9 Å². The van der Waals surface area contributed by atoms with Crippen molar-refractivity contribution in [3.05, 3.63) is 40.5 Å². The summed E-state index contributed by atoms with van der Waals surface area (Å²) in [6, 6.07) is 3.64. The van der Waals surface area contributed by atoms with Gasteiger partial charge in [-0.15, -0.1) is 12.4 Å². The van der Waals surface area contributed by atoms with Crippen LogP contribution >= 0.6 is 12.4 Å². The van der Waals surface area contributed by atoms with Gasteiger partial charge in [-0.25, -0.2) is 8.42 Å². The van der Waals surface area contributed by atoms with E-state index in [0.717, 1.165) is 23.1 Å². The van der Waals surface area contributed by atoms with Gasteiger partial charge in [-0.05, 0) is 58.7 Å². The largest absolute Gasteiger partial charge is 0.338 e. The van der Waals surface area contributed by atoms with E-state index in [-0.39, 0.29) is 18.4 Å². The molecule has 0 aliphatic carbocycles. The molecule has 2 heterocycles. The smallest absolute Gasteiger partial charge is 0.245 e. The first-order valence-corrected chi connectivity index (χ1v) is 10.8. The average molecular weight is 429 g/mol. The number of aromatic nitrogens is 2. The Morgan fingerprint density at radius 1 is 1.29 bits per heavy atom. The molecule has 0 amide bonds. The molecule has 2 aromatic rings. The van der Waals surface area contributed by atoms with Gasteiger partial charge in [0, 0.05) is 19.0 Å². The Labute approximate surface area is 173 Å². The van der Waals surface area contributed by atoms with Gasteiger partial charge in [0.2, 0.25) is 15.9 Å². The van der Waals surface area contributed by atoms with Gasteiger partial charge in [-0.3, -0.25) is 0 Å². The normalized spacial score (nSPS) is 18.8. The molecule has 2 atom stereocenters. The first-order chi connectivity index (χ1) is 12.7. The van der Waals surface area contributed by atoms with Gasteiger partial charge in [0.15, 0.2) is 5.82 Å². The van der Waals surface area contributed by atoms with E-state index in [4.69, 9.17) is 4.52 Å². The second kappa shape index (κ2) is 8.90. The Kier molecular flexibility index (Phi) is 7.25. The van der Waals surface area contributed by atoms with Crippen LogP contribution in [0.5, 0.6) is 0 Å². The van der Waals surface area contributed by atoms with Gasteiger partial charge < -0.3 is 9.84 Å². The van der Waals surface area contributed by atoms with Crippen LogP contribution in [0.15, 0.2) is 21.6 Å². The lowest BCUT2D eigenvalue weighted by atomic mass is 10.1. The topological polar surface area (TPSA) is 88.3 Å². The number of hydrogen-bond donors (Lipinski definition) is 1. The number of nitrogens with zero attached hydrogens (tertiary/aromatic N) is 3. The van der Waals surface area contributed by atoms with E-state index >= 15 is 0 Å². The SMILES string of the molecule is CNC(C)Cc1noc(C2CCCN2S(=O)(=O)c2c(C)cc(C)cc2C)n1.Cl. The van der Waals surface area contributed by atoms with E-state index in [0.29, 0.717) is 36.0 Å². The third-order valence-electron chi connectivity index (χ3n) is 5.13. The molecule has 1 aliphatic heterocycles. The highest BCUT2D eigenvalue weighted by Crippen LogP contribution is 2.37. The van der Waals surface area contributed by atoms with Crippen LogP contribution in [0.2, 0.25) is 0 Å². The summed E-state index contributed by atoms with van der Waals surface area (Å²) in [5, 5.41) is 7.17. The van der Waals surface area contributed by atoms with Crippen LogP contribution in [0.4, 0.5) is 0 Å². The quantitative estimate of drug-likeness (QED) is 0.760. The fourth-order valence-corrected chi connectivity index (χ4v) is 5.89. The Bertz CT molecular complexity index is 906. The van der Waals surface area contributed by atoms with Crippen LogP contribution in [0, 0.1) is 20.8 Å². The van der Waals surface area contributed by atoms with Crippen molar-refractivity contribution in [1.29, 1.82) is 0 Å². The summed E-state index contributed by atoms with van der Waals surface area (Å²) < 4.78 is 33.8. The number of aryl methyl sites for hydroxylation is 3. The second-order valence-corrected chi connectivity index (χ2v) is 9.27. The molecule has 156 valence electrons. The van der Waals surface area contributed by atoms with Crippen LogP contribution in [0.3, 0.4) is 0 Å². The summed E-state index contributed by atoms with van der Waals surface area (Å²) in [7, 11) is -1.76. The van der Waals surface area contributed by atoms with E-state index in [1.807, 2.05) is 46.9 Å². The summed E-state index contributed by atoms with van der Waals surface area (Å²) in [5.41, 5.74) is 2.60. The monoisotopic (exact) mass is 428 g/mol. The van der Waals surface area contributed by atoms with Crippen LogP contribution < -0.4 is 5.32 Å². The molecule has 3 rings (SSSR count). The van der Waals surface area contributed by atoms with Crippen LogP contribution in [-0.2, 0) is 16.4 Å². The molecule has 1 aromatic carbocycles. The van der Waals surface area contributed by atoms with E-state index in [2.05, 4.69) is 15.5 Å². The van der Waals surface area contributed by atoms with E-state index < -0.39 is 16.1 Å². The standard InChI is InChI=1S/C19H28N4O3S.ClH/c1-12-9-13(2)18(14(3)10-12)27(24,25)23-8-6-7-16(23)19-21-17(22-26-19)11-15(4)20-5;/h9-10,15-16,20H,6-8,11H2,1-5H3;1H. The van der Waals surface area contributed by atoms with Crippen molar-refractivity contribution in [2.24, 2.45) is 0 Å². The lowest BCUT2D eigenvalue weighted by molar-refractivity contribution is 0.289. The van der Waals surface area contributed by atoms with Crippen molar-refractivity contribution in [3.8, 4) is 0 Å². The van der Waals surface area contributed by atoms with Gasteiger partial charge in [0.25, 0.3) is 0 Å². The lowest BCUT2D eigenvalue weighted by Gasteiger charge is -2.23. The Morgan fingerprint density at radius 3 is 2.54 bits per heavy atom. The average Bonchev–Trinajstić information content (AvgIpc) is 3.22. The van der Waals surface area contributed by atoms with Gasteiger partial charge in [0.1, 0.15) is 6.04 Å².